The molecular weight excluding hydrogens is 529 g/mol. The number of anilines is 1. The molecule has 0 bridgehead atoms. The lowest BCUT2D eigenvalue weighted by atomic mass is 9.88. The van der Waals surface area contributed by atoms with Crippen LogP contribution in [0.2, 0.25) is 5.02 Å². The van der Waals surface area contributed by atoms with E-state index in [4.69, 9.17) is 17.3 Å². The lowest BCUT2D eigenvalue weighted by Gasteiger charge is -2.19. The molecule has 0 aliphatic heterocycles. The maximum Gasteiger partial charge on any atom is 0.264 e. The molecule has 4 rings (SSSR count). The highest BCUT2D eigenvalue weighted by atomic mass is 35.5. The number of halogens is 4. The number of hydrogen-bond donors (Lipinski definition) is 2. The van der Waals surface area contributed by atoms with Gasteiger partial charge in [-0.05, 0) is 42.0 Å². The Morgan fingerprint density at radius 3 is 2.51 bits per heavy atom. The van der Waals surface area contributed by atoms with Crippen LogP contribution in [0.1, 0.15) is 19.7 Å². The summed E-state index contributed by atoms with van der Waals surface area (Å²) in [5, 5.41) is 0.0202. The number of amides is 1. The minimum atomic E-state index is -4.59. The molecule has 12 heteroatoms. The zero-order valence-electron chi connectivity index (χ0n) is 19.5. The van der Waals surface area contributed by atoms with Gasteiger partial charge in [-0.3, -0.25) is 9.52 Å². The number of nitrogens with one attached hydrogen (secondary N) is 1. The fraction of sp³-hybridized carbons (Fsp3) is 0.160. The summed E-state index contributed by atoms with van der Waals surface area (Å²) in [6, 6.07) is 9.51. The number of sulfonamides is 1. The standard InChI is InChI=1S/C25H20ClF3N4O3S/c1-25(2,24(30)34)11-20-31-12-14-10-13(6-8-17(14)32-20)21-16(27)7-9-18(23(21)29)33-37(35,36)19-5-3-4-15(26)22(19)28/h3-10,12,33H,11H2,1-2H3,(H2,30,34). The van der Waals surface area contributed by atoms with Crippen molar-refractivity contribution in [3.8, 4) is 11.1 Å². The van der Waals surface area contributed by atoms with Crippen molar-refractivity contribution in [1.29, 1.82) is 0 Å². The van der Waals surface area contributed by atoms with Crippen LogP contribution in [-0.2, 0) is 21.2 Å². The average Bonchev–Trinajstić information content (AvgIpc) is 2.82. The van der Waals surface area contributed by atoms with E-state index in [2.05, 4.69) is 9.97 Å². The van der Waals surface area contributed by atoms with Gasteiger partial charge in [-0.1, -0.05) is 37.6 Å². The maximum absolute atomic E-state index is 15.4. The van der Waals surface area contributed by atoms with Crippen LogP contribution < -0.4 is 10.5 Å². The van der Waals surface area contributed by atoms with E-state index in [1.165, 1.54) is 30.5 Å². The summed E-state index contributed by atoms with van der Waals surface area (Å²) in [6.07, 6.45) is 1.64. The minimum absolute atomic E-state index is 0.0892. The van der Waals surface area contributed by atoms with E-state index >= 15 is 4.39 Å². The van der Waals surface area contributed by atoms with E-state index in [-0.39, 0.29) is 12.0 Å². The number of benzene rings is 3. The van der Waals surface area contributed by atoms with Crippen molar-refractivity contribution in [1.82, 2.24) is 9.97 Å². The molecule has 1 heterocycles. The predicted octanol–water partition coefficient (Wildman–Crippen LogP) is 5.22. The van der Waals surface area contributed by atoms with Gasteiger partial charge in [0.2, 0.25) is 5.91 Å². The first-order valence-corrected chi connectivity index (χ1v) is 12.7. The highest BCUT2D eigenvalue weighted by Gasteiger charge is 2.27. The first-order chi connectivity index (χ1) is 17.3. The Labute approximate surface area is 215 Å². The van der Waals surface area contributed by atoms with Gasteiger partial charge in [0.1, 0.15) is 16.5 Å². The molecule has 0 fully saturated rings. The number of rotatable bonds is 7. The summed E-state index contributed by atoms with van der Waals surface area (Å²) in [7, 11) is -4.59. The van der Waals surface area contributed by atoms with Gasteiger partial charge in [-0.15, -0.1) is 0 Å². The summed E-state index contributed by atoms with van der Waals surface area (Å²) < 4.78 is 71.8. The smallest absolute Gasteiger partial charge is 0.264 e. The van der Waals surface area contributed by atoms with Gasteiger partial charge >= 0.3 is 0 Å². The van der Waals surface area contributed by atoms with Crippen molar-refractivity contribution >= 4 is 44.1 Å². The van der Waals surface area contributed by atoms with Crippen LogP contribution in [0.4, 0.5) is 18.9 Å². The topological polar surface area (TPSA) is 115 Å². The van der Waals surface area contributed by atoms with Crippen LogP contribution in [0, 0.1) is 22.9 Å². The summed E-state index contributed by atoms with van der Waals surface area (Å²) in [6.45, 7) is 3.33. The molecule has 1 amide bonds. The zero-order chi connectivity index (χ0) is 27.1. The quantitative estimate of drug-likeness (QED) is 0.328. The van der Waals surface area contributed by atoms with Crippen molar-refractivity contribution in [2.24, 2.45) is 11.1 Å². The molecule has 4 aromatic rings. The molecule has 0 aliphatic carbocycles. The second-order valence-electron chi connectivity index (χ2n) is 8.93. The summed E-state index contributed by atoms with van der Waals surface area (Å²) >= 11 is 5.66. The van der Waals surface area contributed by atoms with Gasteiger partial charge in [-0.25, -0.2) is 31.6 Å². The van der Waals surface area contributed by atoms with Gasteiger partial charge in [0, 0.05) is 18.0 Å². The third-order valence-electron chi connectivity index (χ3n) is 5.73. The molecule has 3 N–H and O–H groups in total. The number of aromatic nitrogens is 2. The van der Waals surface area contributed by atoms with Crippen molar-refractivity contribution in [3.05, 3.63) is 83.0 Å². The van der Waals surface area contributed by atoms with Gasteiger partial charge in [0.05, 0.1) is 27.2 Å². The number of nitrogens with zero attached hydrogens (tertiary/aromatic N) is 2. The molecule has 3 aromatic carbocycles. The van der Waals surface area contributed by atoms with E-state index in [1.54, 1.807) is 13.8 Å². The monoisotopic (exact) mass is 548 g/mol. The molecule has 192 valence electrons. The maximum atomic E-state index is 15.4. The Balaban J connectivity index is 1.71. The number of fused-ring (bicyclic) bond motifs is 1. The molecule has 0 spiro atoms. The highest BCUT2D eigenvalue weighted by Crippen LogP contribution is 2.34. The van der Waals surface area contributed by atoms with Crippen LogP contribution in [0.25, 0.3) is 22.0 Å². The molecule has 0 saturated carbocycles. The lowest BCUT2D eigenvalue weighted by Crippen LogP contribution is -2.33. The summed E-state index contributed by atoms with van der Waals surface area (Å²) in [5.41, 5.74) is 3.99. The molecule has 37 heavy (non-hydrogen) atoms. The van der Waals surface area contributed by atoms with Crippen LogP contribution in [-0.4, -0.2) is 24.3 Å². The minimum Gasteiger partial charge on any atom is -0.369 e. The second kappa shape index (κ2) is 9.64. The third kappa shape index (κ3) is 5.23. The van der Waals surface area contributed by atoms with E-state index in [9.17, 15) is 22.0 Å². The first kappa shape index (κ1) is 26.4. The summed E-state index contributed by atoms with van der Waals surface area (Å²) in [4.78, 5) is 19.4. The Hall–Kier alpha value is -3.70. The predicted molar refractivity (Wildman–Crippen MR) is 134 cm³/mol. The fourth-order valence-corrected chi connectivity index (χ4v) is 4.97. The van der Waals surface area contributed by atoms with Crippen LogP contribution in [0.3, 0.4) is 0 Å². The molecule has 0 radical (unpaired) electrons. The largest absolute Gasteiger partial charge is 0.369 e. The number of carbonyl (C=O) groups excluding carboxylic acids is 1. The first-order valence-electron chi connectivity index (χ1n) is 10.8. The number of nitrogens with two attached hydrogens (primary N) is 1. The summed E-state index contributed by atoms with van der Waals surface area (Å²) in [5.74, 6) is -3.50. The van der Waals surface area contributed by atoms with E-state index in [0.717, 1.165) is 24.3 Å². The number of hydrogen-bond acceptors (Lipinski definition) is 5. The molecule has 0 unspecified atom stereocenters. The molecule has 0 atom stereocenters. The van der Waals surface area contributed by atoms with Gasteiger partial charge in [0.15, 0.2) is 11.6 Å². The van der Waals surface area contributed by atoms with E-state index < -0.39 is 60.0 Å². The van der Waals surface area contributed by atoms with E-state index in [0.29, 0.717) is 16.7 Å². The van der Waals surface area contributed by atoms with Crippen molar-refractivity contribution in [2.75, 3.05) is 4.72 Å². The van der Waals surface area contributed by atoms with Crippen LogP contribution in [0.15, 0.2) is 59.6 Å². The van der Waals surface area contributed by atoms with Gasteiger partial charge in [-0.2, -0.15) is 0 Å². The zero-order valence-corrected chi connectivity index (χ0v) is 21.1. The van der Waals surface area contributed by atoms with Crippen molar-refractivity contribution in [3.63, 3.8) is 0 Å². The second-order valence-corrected chi connectivity index (χ2v) is 11.0. The number of carbonyl (C=O) groups is 1. The van der Waals surface area contributed by atoms with Crippen molar-refractivity contribution in [2.45, 2.75) is 25.2 Å². The average molecular weight is 549 g/mol. The van der Waals surface area contributed by atoms with Gasteiger partial charge in [0.25, 0.3) is 10.0 Å². The third-order valence-corrected chi connectivity index (χ3v) is 7.40. The van der Waals surface area contributed by atoms with Crippen molar-refractivity contribution < 1.29 is 26.4 Å². The van der Waals surface area contributed by atoms with Crippen LogP contribution in [0.5, 0.6) is 0 Å². The van der Waals surface area contributed by atoms with Gasteiger partial charge < -0.3 is 5.73 Å². The van der Waals surface area contributed by atoms with Crippen LogP contribution >= 0.6 is 11.6 Å². The normalized spacial score (nSPS) is 12.1. The molecule has 0 saturated heterocycles. The lowest BCUT2D eigenvalue weighted by molar-refractivity contribution is -0.126. The Kier molecular flexibility index (Phi) is 6.87. The fourth-order valence-electron chi connectivity index (χ4n) is 3.58. The molecule has 1 aromatic heterocycles. The highest BCUT2D eigenvalue weighted by molar-refractivity contribution is 7.92. The van der Waals surface area contributed by atoms with E-state index in [1.807, 2.05) is 4.72 Å². The molecular formula is C25H20ClF3N4O3S. The Morgan fingerprint density at radius 1 is 1.08 bits per heavy atom. The molecule has 0 aliphatic rings. The molecule has 7 nitrogen and oxygen atoms in total. The number of primary amides is 1. The Morgan fingerprint density at radius 2 is 1.81 bits per heavy atom. The Bertz CT molecular complexity index is 1660. The SMILES string of the molecule is CC(C)(Cc1ncc2cc(-c3c(F)ccc(NS(=O)(=O)c4cccc(Cl)c4F)c3F)ccc2n1)C(N)=O.